The Morgan fingerprint density at radius 2 is 2.08 bits per heavy atom. The van der Waals surface area contributed by atoms with E-state index < -0.39 is 17.1 Å². The molecule has 1 aliphatic carbocycles. The molecule has 1 heterocycles. The molecular formula is C17H18ClN3O3S2. The van der Waals surface area contributed by atoms with Crippen LogP contribution in [0.5, 0.6) is 0 Å². The molecule has 1 unspecified atom stereocenters. The number of oxime groups is 1. The highest BCUT2D eigenvalue weighted by molar-refractivity contribution is 7.90. The molecule has 1 fully saturated rings. The lowest BCUT2D eigenvalue weighted by Crippen LogP contribution is -2.25. The van der Waals surface area contributed by atoms with Crippen molar-refractivity contribution in [2.75, 3.05) is 11.6 Å². The first-order chi connectivity index (χ1) is 12.5. The summed E-state index contributed by atoms with van der Waals surface area (Å²) in [5.41, 5.74) is 0.731. The molecule has 1 saturated carbocycles. The van der Waals surface area contributed by atoms with Gasteiger partial charge in [-0.2, -0.15) is 0 Å². The summed E-state index contributed by atoms with van der Waals surface area (Å²) >= 11 is 5.93. The summed E-state index contributed by atoms with van der Waals surface area (Å²) in [6.07, 6.45) is 7.20. The zero-order valence-electron chi connectivity index (χ0n) is 14.1. The minimum Gasteiger partial charge on any atom is -0.612 e. The molecule has 1 atom stereocenters. The van der Waals surface area contributed by atoms with Gasteiger partial charge < -0.3 is 9.39 Å². The summed E-state index contributed by atoms with van der Waals surface area (Å²) in [5.74, 6) is -0.431. The van der Waals surface area contributed by atoms with Gasteiger partial charge in [0.25, 0.3) is 5.91 Å². The fourth-order valence-electron chi connectivity index (χ4n) is 2.62. The normalized spacial score (nSPS) is 16.5. The number of thiazole rings is 1. The van der Waals surface area contributed by atoms with Crippen LogP contribution >= 0.6 is 22.9 Å². The van der Waals surface area contributed by atoms with Gasteiger partial charge in [-0.05, 0) is 61.1 Å². The van der Waals surface area contributed by atoms with Crippen molar-refractivity contribution in [3.63, 3.8) is 0 Å². The summed E-state index contributed by atoms with van der Waals surface area (Å²) in [5, 5.41) is 7.20. The highest BCUT2D eigenvalue weighted by Crippen LogP contribution is 2.24. The van der Waals surface area contributed by atoms with Crippen LogP contribution < -0.4 is 5.32 Å². The highest BCUT2D eigenvalue weighted by Gasteiger charge is 2.21. The lowest BCUT2D eigenvalue weighted by atomic mass is 10.1. The fourth-order valence-corrected chi connectivity index (χ4v) is 3.95. The van der Waals surface area contributed by atoms with Gasteiger partial charge in [0.05, 0.1) is 6.20 Å². The third kappa shape index (κ3) is 4.97. The van der Waals surface area contributed by atoms with Gasteiger partial charge in [0.1, 0.15) is 16.7 Å². The maximum Gasteiger partial charge on any atom is 0.280 e. The lowest BCUT2D eigenvalue weighted by molar-refractivity contribution is -0.110. The standard InChI is InChI=1S/C17H18ClN3O3S2/c1-26(23)13-8-6-11(7-9-13)15(21-24-12-4-2-3-5-12)16(22)20-17-19-10-14(18)25-17/h6-10,12H,2-5H2,1H3,(H,19,20,22)/b21-15+. The van der Waals surface area contributed by atoms with Gasteiger partial charge in [-0.25, -0.2) is 4.98 Å². The van der Waals surface area contributed by atoms with Crippen molar-refractivity contribution in [3.05, 3.63) is 40.4 Å². The first-order valence-electron chi connectivity index (χ1n) is 8.13. The molecule has 1 aromatic carbocycles. The number of amides is 1. The second-order valence-corrected chi connectivity index (χ2v) is 8.90. The van der Waals surface area contributed by atoms with Crippen LogP contribution in [-0.4, -0.2) is 33.5 Å². The molecule has 1 aliphatic rings. The van der Waals surface area contributed by atoms with E-state index in [4.69, 9.17) is 16.4 Å². The number of anilines is 1. The molecule has 2 aromatic rings. The Bertz CT molecular complexity index is 787. The molecule has 3 rings (SSSR count). The minimum atomic E-state index is -1.09. The topological polar surface area (TPSA) is 86.6 Å². The average Bonchev–Trinajstić information content (AvgIpc) is 3.27. The molecule has 1 aromatic heterocycles. The van der Waals surface area contributed by atoms with Crippen LogP contribution in [0.25, 0.3) is 0 Å². The predicted molar refractivity (Wildman–Crippen MR) is 104 cm³/mol. The van der Waals surface area contributed by atoms with Gasteiger partial charge in [-0.3, -0.25) is 10.1 Å². The molecule has 9 heteroatoms. The first-order valence-corrected chi connectivity index (χ1v) is 10.9. The number of nitrogens with one attached hydrogen (secondary N) is 1. The van der Waals surface area contributed by atoms with Gasteiger partial charge in [0.15, 0.2) is 15.7 Å². The molecule has 26 heavy (non-hydrogen) atoms. The van der Waals surface area contributed by atoms with Gasteiger partial charge in [-0.1, -0.05) is 28.1 Å². The second kappa shape index (κ2) is 8.85. The third-order valence-corrected chi connectivity index (χ3v) is 5.93. The quantitative estimate of drug-likeness (QED) is 0.444. The lowest BCUT2D eigenvalue weighted by Gasteiger charge is -2.11. The van der Waals surface area contributed by atoms with Crippen LogP contribution in [0, 0.1) is 0 Å². The number of halogens is 1. The van der Waals surface area contributed by atoms with Crippen molar-refractivity contribution in [3.8, 4) is 0 Å². The molecule has 0 saturated heterocycles. The molecule has 0 bridgehead atoms. The van der Waals surface area contributed by atoms with Crippen LogP contribution in [0.1, 0.15) is 31.2 Å². The Morgan fingerprint density at radius 1 is 1.38 bits per heavy atom. The Morgan fingerprint density at radius 3 is 2.65 bits per heavy atom. The van der Waals surface area contributed by atoms with Crippen LogP contribution in [0.15, 0.2) is 40.5 Å². The van der Waals surface area contributed by atoms with Crippen LogP contribution in [0.4, 0.5) is 5.13 Å². The molecule has 0 aliphatic heterocycles. The Kier molecular flexibility index (Phi) is 6.53. The number of nitrogens with zero attached hydrogens (tertiary/aromatic N) is 2. The van der Waals surface area contributed by atoms with Crippen molar-refractivity contribution in [1.29, 1.82) is 0 Å². The van der Waals surface area contributed by atoms with E-state index in [1.54, 1.807) is 30.5 Å². The summed E-state index contributed by atoms with van der Waals surface area (Å²) in [6.45, 7) is 0. The molecule has 0 spiro atoms. The number of rotatable bonds is 6. The summed E-state index contributed by atoms with van der Waals surface area (Å²) in [6, 6.07) is 6.85. The summed E-state index contributed by atoms with van der Waals surface area (Å²) in [7, 11) is 0. The monoisotopic (exact) mass is 411 g/mol. The maximum atomic E-state index is 12.7. The number of benzene rings is 1. The smallest absolute Gasteiger partial charge is 0.280 e. The predicted octanol–water partition coefficient (Wildman–Crippen LogP) is 3.84. The van der Waals surface area contributed by atoms with E-state index in [9.17, 15) is 9.35 Å². The van der Waals surface area contributed by atoms with Crippen LogP contribution in [0.2, 0.25) is 4.34 Å². The Balaban J connectivity index is 1.82. The van der Waals surface area contributed by atoms with Crippen molar-refractivity contribution in [2.24, 2.45) is 5.16 Å². The number of carbonyl (C=O) groups excluding carboxylic acids is 1. The van der Waals surface area contributed by atoms with Crippen LogP contribution in [0.3, 0.4) is 0 Å². The van der Waals surface area contributed by atoms with E-state index in [0.29, 0.717) is 19.9 Å². The van der Waals surface area contributed by atoms with Crippen molar-refractivity contribution >= 4 is 50.9 Å². The zero-order valence-corrected chi connectivity index (χ0v) is 16.5. The molecule has 138 valence electrons. The summed E-state index contributed by atoms with van der Waals surface area (Å²) in [4.78, 5) is 23.0. The average molecular weight is 412 g/mol. The molecular weight excluding hydrogens is 394 g/mol. The Hall–Kier alpha value is -1.61. The van der Waals surface area contributed by atoms with Gasteiger partial charge in [0, 0.05) is 5.56 Å². The van der Waals surface area contributed by atoms with E-state index in [1.165, 1.54) is 6.20 Å². The maximum absolute atomic E-state index is 12.7. The van der Waals surface area contributed by atoms with Gasteiger partial charge >= 0.3 is 0 Å². The van der Waals surface area contributed by atoms with E-state index in [-0.39, 0.29) is 11.8 Å². The number of hydrogen-bond acceptors (Lipinski definition) is 6. The third-order valence-electron chi connectivity index (χ3n) is 3.97. The zero-order chi connectivity index (χ0) is 18.5. The van der Waals surface area contributed by atoms with Crippen molar-refractivity contribution < 1.29 is 14.2 Å². The minimum absolute atomic E-state index is 0.0366. The molecule has 0 radical (unpaired) electrons. The van der Waals surface area contributed by atoms with Crippen LogP contribution in [-0.2, 0) is 20.8 Å². The summed E-state index contributed by atoms with van der Waals surface area (Å²) < 4.78 is 12.0. The molecule has 1 amide bonds. The van der Waals surface area contributed by atoms with E-state index in [2.05, 4.69) is 15.5 Å². The number of aromatic nitrogens is 1. The second-order valence-electron chi connectivity index (χ2n) is 5.85. The SMILES string of the molecule is C[S+]([O-])c1ccc(/C(=N\OC2CCCC2)C(=O)Nc2ncc(Cl)s2)cc1. The van der Waals surface area contributed by atoms with Crippen molar-refractivity contribution in [1.82, 2.24) is 4.98 Å². The van der Waals surface area contributed by atoms with Crippen molar-refractivity contribution in [2.45, 2.75) is 36.7 Å². The van der Waals surface area contributed by atoms with E-state index >= 15 is 0 Å². The molecule has 6 nitrogen and oxygen atoms in total. The Labute approximate surface area is 163 Å². The van der Waals surface area contributed by atoms with E-state index in [0.717, 1.165) is 37.0 Å². The number of carbonyl (C=O) groups is 1. The highest BCUT2D eigenvalue weighted by atomic mass is 35.5. The largest absolute Gasteiger partial charge is 0.612 e. The first kappa shape index (κ1) is 19.2. The van der Waals surface area contributed by atoms with Gasteiger partial charge in [-0.15, -0.1) is 0 Å². The fraction of sp³-hybridized carbons (Fsp3) is 0.353. The number of hydrogen-bond donors (Lipinski definition) is 1. The molecule has 1 N–H and O–H groups in total. The van der Waals surface area contributed by atoms with E-state index in [1.807, 2.05) is 0 Å². The van der Waals surface area contributed by atoms with Gasteiger partial charge in [0.2, 0.25) is 0 Å².